The van der Waals surface area contributed by atoms with Crippen LogP contribution in [0.2, 0.25) is 0 Å². The minimum Gasteiger partial charge on any atom is -0.396 e. The molecule has 1 aliphatic rings. The molecule has 1 heterocycles. The largest absolute Gasteiger partial charge is 0.396 e. The molecule has 1 aromatic carbocycles. The third-order valence-electron chi connectivity index (χ3n) is 3.24. The van der Waals surface area contributed by atoms with Gasteiger partial charge in [0.05, 0.1) is 0 Å². The molecule has 3 N–H and O–H groups in total. The standard InChI is InChI=1S/C14H20N2O2/c1-14(2,9-17)8-16-13(18)11-4-3-10-5-6-15-12(10)7-11/h3-4,7,15,17H,5-6,8-9H2,1-2H3,(H,16,18). The first-order chi connectivity index (χ1) is 8.52. The summed E-state index contributed by atoms with van der Waals surface area (Å²) in [5.74, 6) is -0.0898. The van der Waals surface area contributed by atoms with E-state index in [0.717, 1.165) is 18.7 Å². The molecule has 0 spiro atoms. The fourth-order valence-corrected chi connectivity index (χ4v) is 1.91. The summed E-state index contributed by atoms with van der Waals surface area (Å²) in [5, 5.41) is 15.3. The summed E-state index contributed by atoms with van der Waals surface area (Å²) in [6.45, 7) is 5.29. The number of carbonyl (C=O) groups is 1. The van der Waals surface area contributed by atoms with Crippen molar-refractivity contribution in [2.24, 2.45) is 5.41 Å². The van der Waals surface area contributed by atoms with E-state index >= 15 is 0 Å². The smallest absolute Gasteiger partial charge is 0.251 e. The highest BCUT2D eigenvalue weighted by Crippen LogP contribution is 2.23. The quantitative estimate of drug-likeness (QED) is 0.755. The Morgan fingerprint density at radius 2 is 2.28 bits per heavy atom. The van der Waals surface area contributed by atoms with E-state index in [4.69, 9.17) is 5.11 Å². The zero-order valence-corrected chi connectivity index (χ0v) is 10.9. The van der Waals surface area contributed by atoms with Gasteiger partial charge in [0.1, 0.15) is 0 Å². The van der Waals surface area contributed by atoms with E-state index in [1.807, 2.05) is 32.0 Å². The number of anilines is 1. The Morgan fingerprint density at radius 1 is 1.50 bits per heavy atom. The summed E-state index contributed by atoms with van der Waals surface area (Å²) in [6, 6.07) is 5.75. The van der Waals surface area contributed by atoms with Crippen molar-refractivity contribution in [1.82, 2.24) is 5.32 Å². The van der Waals surface area contributed by atoms with E-state index in [9.17, 15) is 4.79 Å². The average molecular weight is 248 g/mol. The highest BCUT2D eigenvalue weighted by Gasteiger charge is 2.19. The van der Waals surface area contributed by atoms with Crippen LogP contribution in [0.25, 0.3) is 0 Å². The molecule has 18 heavy (non-hydrogen) atoms. The van der Waals surface area contributed by atoms with Crippen LogP contribution < -0.4 is 10.6 Å². The maximum atomic E-state index is 12.0. The van der Waals surface area contributed by atoms with Gasteiger partial charge in [0, 0.05) is 36.4 Å². The topological polar surface area (TPSA) is 61.4 Å². The van der Waals surface area contributed by atoms with Gasteiger partial charge in [0.25, 0.3) is 5.91 Å². The molecule has 0 aliphatic carbocycles. The minimum absolute atomic E-state index is 0.0546. The number of rotatable bonds is 4. The van der Waals surface area contributed by atoms with Gasteiger partial charge < -0.3 is 15.7 Å². The molecule has 98 valence electrons. The number of aliphatic hydroxyl groups is 1. The summed E-state index contributed by atoms with van der Waals surface area (Å²) >= 11 is 0. The highest BCUT2D eigenvalue weighted by atomic mass is 16.3. The Hall–Kier alpha value is -1.55. The van der Waals surface area contributed by atoms with E-state index in [1.165, 1.54) is 5.56 Å². The lowest BCUT2D eigenvalue weighted by Crippen LogP contribution is -2.36. The van der Waals surface area contributed by atoms with E-state index in [2.05, 4.69) is 10.6 Å². The summed E-state index contributed by atoms with van der Waals surface area (Å²) in [5.41, 5.74) is 2.70. The van der Waals surface area contributed by atoms with Crippen LogP contribution in [0.15, 0.2) is 18.2 Å². The van der Waals surface area contributed by atoms with Crippen molar-refractivity contribution in [2.45, 2.75) is 20.3 Å². The molecule has 0 aromatic heterocycles. The molecule has 0 radical (unpaired) electrons. The molecular formula is C14H20N2O2. The third-order valence-corrected chi connectivity index (χ3v) is 3.24. The van der Waals surface area contributed by atoms with Crippen molar-refractivity contribution in [3.8, 4) is 0 Å². The molecule has 4 nitrogen and oxygen atoms in total. The predicted molar refractivity (Wildman–Crippen MR) is 71.8 cm³/mol. The van der Waals surface area contributed by atoms with Crippen molar-refractivity contribution in [1.29, 1.82) is 0 Å². The van der Waals surface area contributed by atoms with E-state index in [0.29, 0.717) is 12.1 Å². The van der Waals surface area contributed by atoms with Gasteiger partial charge in [-0.2, -0.15) is 0 Å². The molecule has 0 atom stereocenters. The van der Waals surface area contributed by atoms with E-state index in [-0.39, 0.29) is 17.9 Å². The zero-order valence-electron chi connectivity index (χ0n) is 10.9. The summed E-state index contributed by atoms with van der Waals surface area (Å²) in [4.78, 5) is 12.0. The van der Waals surface area contributed by atoms with Crippen LogP contribution in [-0.4, -0.2) is 30.7 Å². The van der Waals surface area contributed by atoms with Crippen LogP contribution in [0, 0.1) is 5.41 Å². The Kier molecular flexibility index (Phi) is 3.57. The van der Waals surface area contributed by atoms with E-state index in [1.54, 1.807) is 0 Å². The van der Waals surface area contributed by atoms with Crippen LogP contribution in [0.3, 0.4) is 0 Å². The molecule has 0 fully saturated rings. The van der Waals surface area contributed by atoms with Gasteiger partial charge in [0.15, 0.2) is 0 Å². The average Bonchev–Trinajstić information content (AvgIpc) is 2.83. The molecule has 0 bridgehead atoms. The number of fused-ring (bicyclic) bond motifs is 1. The zero-order chi connectivity index (χ0) is 13.2. The van der Waals surface area contributed by atoms with Crippen LogP contribution in [0.4, 0.5) is 5.69 Å². The van der Waals surface area contributed by atoms with Gasteiger partial charge in [-0.3, -0.25) is 4.79 Å². The number of benzene rings is 1. The number of amides is 1. The van der Waals surface area contributed by atoms with Crippen molar-refractivity contribution in [3.63, 3.8) is 0 Å². The second-order valence-electron chi connectivity index (χ2n) is 5.55. The van der Waals surface area contributed by atoms with Crippen molar-refractivity contribution >= 4 is 11.6 Å². The lowest BCUT2D eigenvalue weighted by Gasteiger charge is -2.21. The van der Waals surface area contributed by atoms with Crippen LogP contribution >= 0.6 is 0 Å². The Labute approximate surface area is 107 Å². The number of aliphatic hydroxyl groups excluding tert-OH is 1. The third kappa shape index (κ3) is 2.82. The van der Waals surface area contributed by atoms with Crippen molar-refractivity contribution in [3.05, 3.63) is 29.3 Å². The SMILES string of the molecule is CC(C)(CO)CNC(=O)c1ccc2c(c1)NCC2. The first-order valence-corrected chi connectivity index (χ1v) is 6.28. The molecule has 1 aliphatic heterocycles. The van der Waals surface area contributed by atoms with Crippen LogP contribution in [0.1, 0.15) is 29.8 Å². The van der Waals surface area contributed by atoms with Crippen LogP contribution in [-0.2, 0) is 6.42 Å². The normalized spacial score (nSPS) is 13.9. The first kappa shape index (κ1) is 12.9. The fourth-order valence-electron chi connectivity index (χ4n) is 1.91. The Balaban J connectivity index is 2.01. The van der Waals surface area contributed by atoms with Gasteiger partial charge in [-0.1, -0.05) is 19.9 Å². The predicted octanol–water partition coefficient (Wildman–Crippen LogP) is 1.40. The Bertz CT molecular complexity index is 455. The van der Waals surface area contributed by atoms with Gasteiger partial charge in [-0.15, -0.1) is 0 Å². The summed E-state index contributed by atoms with van der Waals surface area (Å²) < 4.78 is 0. The van der Waals surface area contributed by atoms with Gasteiger partial charge >= 0.3 is 0 Å². The van der Waals surface area contributed by atoms with Gasteiger partial charge in [-0.05, 0) is 24.1 Å². The molecule has 0 unspecified atom stereocenters. The molecule has 1 aromatic rings. The van der Waals surface area contributed by atoms with Gasteiger partial charge in [-0.25, -0.2) is 0 Å². The molecule has 1 amide bonds. The lowest BCUT2D eigenvalue weighted by atomic mass is 9.95. The molecule has 0 saturated heterocycles. The second kappa shape index (κ2) is 4.98. The maximum absolute atomic E-state index is 12.0. The highest BCUT2D eigenvalue weighted by molar-refractivity contribution is 5.95. The fraction of sp³-hybridized carbons (Fsp3) is 0.500. The second-order valence-corrected chi connectivity index (χ2v) is 5.55. The number of carbonyl (C=O) groups excluding carboxylic acids is 1. The van der Waals surface area contributed by atoms with Gasteiger partial charge in [0.2, 0.25) is 0 Å². The minimum atomic E-state index is -0.287. The number of hydrogen-bond donors (Lipinski definition) is 3. The number of nitrogens with one attached hydrogen (secondary N) is 2. The summed E-state index contributed by atoms with van der Waals surface area (Å²) in [7, 11) is 0. The van der Waals surface area contributed by atoms with Crippen molar-refractivity contribution in [2.75, 3.05) is 25.0 Å². The Morgan fingerprint density at radius 3 is 3.00 bits per heavy atom. The number of hydrogen-bond acceptors (Lipinski definition) is 3. The van der Waals surface area contributed by atoms with Crippen molar-refractivity contribution < 1.29 is 9.90 Å². The van der Waals surface area contributed by atoms with Crippen LogP contribution in [0.5, 0.6) is 0 Å². The molecular weight excluding hydrogens is 228 g/mol. The lowest BCUT2D eigenvalue weighted by molar-refractivity contribution is 0.0911. The molecule has 2 rings (SSSR count). The maximum Gasteiger partial charge on any atom is 0.251 e. The molecule has 4 heteroatoms. The first-order valence-electron chi connectivity index (χ1n) is 6.28. The van der Waals surface area contributed by atoms with E-state index < -0.39 is 0 Å². The summed E-state index contributed by atoms with van der Waals surface area (Å²) in [6.07, 6.45) is 1.02. The monoisotopic (exact) mass is 248 g/mol. The molecule has 0 saturated carbocycles.